The lowest BCUT2D eigenvalue weighted by Crippen LogP contribution is -2.58. The maximum absolute atomic E-state index is 14.1. The second-order valence-electron chi connectivity index (χ2n) is 14.6. The summed E-state index contributed by atoms with van der Waals surface area (Å²) < 4.78 is 10.8. The predicted octanol–water partition coefficient (Wildman–Crippen LogP) is 8.62. The Kier molecular flexibility index (Phi) is 12.6. The van der Waals surface area contributed by atoms with Crippen LogP contribution in [0.4, 0.5) is 4.79 Å². The molecule has 6 rings (SSSR count). The van der Waals surface area contributed by atoms with Gasteiger partial charge in [-0.3, -0.25) is 9.69 Å². The van der Waals surface area contributed by atoms with Crippen LogP contribution in [0.3, 0.4) is 0 Å². The number of carbonyl (C=O) groups excluding carboxylic acids is 2. The number of nitrogens with zero attached hydrogens (tertiary/aromatic N) is 2. The molecule has 8 heteroatoms. The highest BCUT2D eigenvalue weighted by atomic mass is 32.2. The van der Waals surface area contributed by atoms with E-state index in [1.54, 1.807) is 7.11 Å². The number of amides is 2. The molecule has 276 valence electrons. The average molecular weight is 730 g/mol. The van der Waals surface area contributed by atoms with Gasteiger partial charge in [0.25, 0.3) is 5.91 Å². The van der Waals surface area contributed by atoms with E-state index in [4.69, 9.17) is 9.47 Å². The molecule has 2 amide bonds. The predicted molar refractivity (Wildman–Crippen MR) is 217 cm³/mol. The second kappa shape index (κ2) is 17.5. The Labute approximate surface area is 318 Å². The number of nitrogens with one attached hydrogen (secondary N) is 1. The Morgan fingerprint density at radius 1 is 0.774 bits per heavy atom. The van der Waals surface area contributed by atoms with Gasteiger partial charge in [0.1, 0.15) is 5.60 Å². The quantitative estimate of drug-likeness (QED) is 0.123. The molecule has 1 N–H and O–H groups in total. The topological polar surface area (TPSA) is 71.1 Å². The van der Waals surface area contributed by atoms with Gasteiger partial charge in [0, 0.05) is 57.3 Å². The number of thioether (sulfide) groups is 1. The molecule has 1 aliphatic rings. The van der Waals surface area contributed by atoms with Crippen LogP contribution < -0.4 is 5.32 Å². The van der Waals surface area contributed by atoms with Gasteiger partial charge in [-0.1, -0.05) is 127 Å². The summed E-state index contributed by atoms with van der Waals surface area (Å²) in [6, 6.07) is 45.6. The lowest BCUT2D eigenvalue weighted by molar-refractivity contribution is 0.0333. The molecular formula is C45H51N3O4S. The van der Waals surface area contributed by atoms with Gasteiger partial charge in [0.15, 0.2) is 0 Å². The Morgan fingerprint density at radius 3 is 1.92 bits per heavy atom. The van der Waals surface area contributed by atoms with Crippen LogP contribution in [0.25, 0.3) is 10.8 Å². The summed E-state index contributed by atoms with van der Waals surface area (Å²) in [7, 11) is 1.71. The van der Waals surface area contributed by atoms with Gasteiger partial charge in [-0.2, -0.15) is 0 Å². The van der Waals surface area contributed by atoms with Gasteiger partial charge in [-0.05, 0) is 60.7 Å². The zero-order valence-corrected chi connectivity index (χ0v) is 32.1. The number of fused-ring (bicyclic) bond motifs is 1. The molecule has 0 aromatic heterocycles. The summed E-state index contributed by atoms with van der Waals surface area (Å²) in [6.07, 6.45) is 0.315. The van der Waals surface area contributed by atoms with Crippen molar-refractivity contribution in [2.45, 2.75) is 49.6 Å². The standard InChI is InChI=1S/C45H51N3O4S/c1-44(2,3)52-43(50)46-38(33-53-45(35-19-8-5-9-20-35,36-21-10-6-11-22-36)37-23-12-7-13-24-37)31-47-28-29-48(32-39(47)27-30-51-4)42(49)41-26-16-18-34-17-14-15-25-40(34)41/h5-26,38-39H,27-33H2,1-4H3,(H,46,50). The van der Waals surface area contributed by atoms with E-state index in [-0.39, 0.29) is 18.0 Å². The molecule has 0 aliphatic carbocycles. The van der Waals surface area contributed by atoms with E-state index >= 15 is 0 Å². The van der Waals surface area contributed by atoms with Gasteiger partial charge in [0.2, 0.25) is 0 Å². The van der Waals surface area contributed by atoms with Gasteiger partial charge in [-0.15, -0.1) is 11.8 Å². The van der Waals surface area contributed by atoms with Gasteiger partial charge < -0.3 is 19.7 Å². The van der Waals surface area contributed by atoms with Crippen LogP contribution in [0, 0.1) is 0 Å². The van der Waals surface area contributed by atoms with Crippen molar-refractivity contribution in [3.05, 3.63) is 156 Å². The first-order valence-electron chi connectivity index (χ1n) is 18.5. The van der Waals surface area contributed by atoms with E-state index in [1.807, 2.05) is 98.1 Å². The summed E-state index contributed by atoms with van der Waals surface area (Å²) in [6.45, 7) is 8.63. The number of benzene rings is 5. The van der Waals surface area contributed by atoms with Crippen molar-refractivity contribution >= 4 is 34.5 Å². The number of hydrogen-bond donors (Lipinski definition) is 1. The maximum Gasteiger partial charge on any atom is 0.407 e. The van der Waals surface area contributed by atoms with Crippen molar-refractivity contribution < 1.29 is 19.1 Å². The Bertz CT molecular complexity index is 1830. The molecule has 0 bridgehead atoms. The largest absolute Gasteiger partial charge is 0.444 e. The molecule has 5 aromatic rings. The highest BCUT2D eigenvalue weighted by Gasteiger charge is 2.39. The smallest absolute Gasteiger partial charge is 0.407 e. The van der Waals surface area contributed by atoms with Gasteiger partial charge in [0.05, 0.1) is 10.8 Å². The van der Waals surface area contributed by atoms with Crippen molar-refractivity contribution in [3.63, 3.8) is 0 Å². The minimum atomic E-state index is -0.641. The number of alkyl carbamates (subject to hydrolysis) is 1. The molecule has 2 unspecified atom stereocenters. The third kappa shape index (κ3) is 9.30. The summed E-state index contributed by atoms with van der Waals surface area (Å²) in [5.74, 6) is 0.644. The molecule has 2 atom stereocenters. The number of piperazine rings is 1. The van der Waals surface area contributed by atoms with Crippen LogP contribution in [-0.2, 0) is 14.2 Å². The fourth-order valence-corrected chi connectivity index (χ4v) is 8.87. The van der Waals surface area contributed by atoms with Crippen molar-refractivity contribution in [2.75, 3.05) is 45.6 Å². The maximum atomic E-state index is 14.1. The van der Waals surface area contributed by atoms with Gasteiger partial charge in [-0.25, -0.2) is 4.79 Å². The van der Waals surface area contributed by atoms with Crippen LogP contribution in [-0.4, -0.2) is 85.1 Å². The lowest BCUT2D eigenvalue weighted by atomic mass is 9.84. The summed E-state index contributed by atoms with van der Waals surface area (Å²) in [4.78, 5) is 31.9. The Morgan fingerprint density at radius 2 is 1.34 bits per heavy atom. The number of rotatable bonds is 13. The third-order valence-electron chi connectivity index (χ3n) is 9.78. The number of hydrogen-bond acceptors (Lipinski definition) is 6. The molecule has 1 saturated heterocycles. The van der Waals surface area contributed by atoms with Crippen molar-refractivity contribution in [1.29, 1.82) is 0 Å². The fraction of sp³-hybridized carbons (Fsp3) is 0.333. The van der Waals surface area contributed by atoms with Crippen molar-refractivity contribution in [3.8, 4) is 0 Å². The van der Waals surface area contributed by atoms with Crippen LogP contribution in [0.2, 0.25) is 0 Å². The number of methoxy groups -OCH3 is 1. The molecule has 5 aromatic carbocycles. The van der Waals surface area contributed by atoms with Gasteiger partial charge >= 0.3 is 6.09 Å². The van der Waals surface area contributed by atoms with Crippen molar-refractivity contribution in [1.82, 2.24) is 15.1 Å². The minimum absolute atomic E-state index is 0.0395. The van der Waals surface area contributed by atoms with E-state index in [0.717, 1.165) is 39.4 Å². The molecule has 53 heavy (non-hydrogen) atoms. The molecule has 1 heterocycles. The zero-order valence-electron chi connectivity index (χ0n) is 31.2. The molecular weight excluding hydrogens is 679 g/mol. The van der Waals surface area contributed by atoms with E-state index < -0.39 is 16.4 Å². The normalized spacial score (nSPS) is 15.9. The number of ether oxygens (including phenoxy) is 2. The number of carbonyl (C=O) groups is 2. The third-order valence-corrected chi connectivity index (χ3v) is 11.5. The summed E-state index contributed by atoms with van der Waals surface area (Å²) in [5, 5.41) is 5.29. The molecule has 1 fully saturated rings. The summed E-state index contributed by atoms with van der Waals surface area (Å²) in [5.41, 5.74) is 3.57. The molecule has 0 saturated carbocycles. The van der Waals surface area contributed by atoms with Crippen LogP contribution in [0.15, 0.2) is 133 Å². The first-order chi connectivity index (χ1) is 25.7. The van der Waals surface area contributed by atoms with Crippen LogP contribution in [0.5, 0.6) is 0 Å². The second-order valence-corrected chi connectivity index (χ2v) is 15.9. The van der Waals surface area contributed by atoms with E-state index in [2.05, 4.69) is 83.0 Å². The average Bonchev–Trinajstić information content (AvgIpc) is 3.17. The lowest BCUT2D eigenvalue weighted by Gasteiger charge is -2.43. The minimum Gasteiger partial charge on any atom is -0.444 e. The highest BCUT2D eigenvalue weighted by molar-refractivity contribution is 8.00. The first-order valence-corrected chi connectivity index (χ1v) is 19.5. The van der Waals surface area contributed by atoms with E-state index in [9.17, 15) is 9.59 Å². The Hall–Kier alpha value is -4.63. The SMILES string of the molecule is COCCC1CN(C(=O)c2cccc3ccccc23)CCN1CC(CSC(c1ccccc1)(c1ccccc1)c1ccccc1)NC(=O)OC(C)(C)C. The fourth-order valence-electron chi connectivity index (χ4n) is 7.32. The van der Waals surface area contributed by atoms with Crippen molar-refractivity contribution in [2.24, 2.45) is 0 Å². The molecule has 7 nitrogen and oxygen atoms in total. The molecule has 0 radical (unpaired) electrons. The highest BCUT2D eigenvalue weighted by Crippen LogP contribution is 2.48. The Balaban J connectivity index is 1.30. The summed E-state index contributed by atoms with van der Waals surface area (Å²) >= 11 is 1.82. The monoisotopic (exact) mass is 729 g/mol. The van der Waals surface area contributed by atoms with Crippen LogP contribution >= 0.6 is 11.8 Å². The molecule has 1 aliphatic heterocycles. The van der Waals surface area contributed by atoms with E-state index in [1.165, 1.54) is 0 Å². The van der Waals surface area contributed by atoms with Crippen LogP contribution in [0.1, 0.15) is 54.2 Å². The zero-order chi connectivity index (χ0) is 37.3. The van der Waals surface area contributed by atoms with E-state index in [0.29, 0.717) is 38.5 Å². The first kappa shape index (κ1) is 38.1. The molecule has 0 spiro atoms.